The van der Waals surface area contributed by atoms with Gasteiger partial charge in [0.25, 0.3) is 0 Å². The minimum absolute atomic E-state index is 0.110. The van der Waals surface area contributed by atoms with Crippen molar-refractivity contribution in [2.75, 3.05) is 0 Å². The number of esters is 2. The number of ether oxygens (including phenoxy) is 2. The van der Waals surface area contributed by atoms with Gasteiger partial charge in [0.2, 0.25) is 0 Å². The molecule has 3 fully saturated rings. The summed E-state index contributed by atoms with van der Waals surface area (Å²) in [6, 6.07) is 0. The molecule has 0 N–H and O–H groups in total. The Labute approximate surface area is 144 Å². The van der Waals surface area contributed by atoms with E-state index in [2.05, 4.69) is 13.2 Å². The molecule has 0 spiro atoms. The summed E-state index contributed by atoms with van der Waals surface area (Å²) in [5, 5.41) is 0. The highest BCUT2D eigenvalue weighted by Gasteiger charge is 2.65. The lowest BCUT2D eigenvalue weighted by Crippen LogP contribution is -2.56. The fourth-order valence-corrected chi connectivity index (χ4v) is 5.31. The van der Waals surface area contributed by atoms with Crippen molar-refractivity contribution in [1.29, 1.82) is 0 Å². The van der Waals surface area contributed by atoms with E-state index in [0.717, 1.165) is 51.4 Å². The number of carbonyl (C=O) groups excluding carboxylic acids is 2. The molecule has 4 heteroatoms. The van der Waals surface area contributed by atoms with Gasteiger partial charge in [0.05, 0.1) is 0 Å². The van der Waals surface area contributed by atoms with E-state index >= 15 is 0 Å². The van der Waals surface area contributed by atoms with Crippen LogP contribution in [-0.4, -0.2) is 23.1 Å². The van der Waals surface area contributed by atoms with E-state index in [9.17, 15) is 9.59 Å². The van der Waals surface area contributed by atoms with E-state index in [4.69, 9.17) is 9.47 Å². The lowest BCUT2D eigenvalue weighted by Gasteiger charge is -2.51. The van der Waals surface area contributed by atoms with Crippen LogP contribution in [0.2, 0.25) is 0 Å². The second kappa shape index (κ2) is 6.05. The van der Waals surface area contributed by atoms with Gasteiger partial charge in [-0.3, -0.25) is 0 Å². The molecule has 2 atom stereocenters. The topological polar surface area (TPSA) is 52.6 Å². The average molecular weight is 332 g/mol. The molecular formula is C20H28O4. The Bertz CT molecular complexity index is 542. The van der Waals surface area contributed by atoms with Crippen molar-refractivity contribution >= 4 is 11.9 Å². The Morgan fingerprint density at radius 2 is 1.25 bits per heavy atom. The van der Waals surface area contributed by atoms with Gasteiger partial charge in [-0.25, -0.2) is 9.59 Å². The smallest absolute Gasteiger partial charge is 0.333 e. The van der Waals surface area contributed by atoms with Gasteiger partial charge in [-0.05, 0) is 71.1 Å². The molecule has 0 radical (unpaired) electrons. The van der Waals surface area contributed by atoms with Crippen molar-refractivity contribution in [1.82, 2.24) is 0 Å². The van der Waals surface area contributed by atoms with Gasteiger partial charge in [-0.15, -0.1) is 0 Å². The van der Waals surface area contributed by atoms with E-state index in [-0.39, 0.29) is 17.9 Å². The van der Waals surface area contributed by atoms with Crippen LogP contribution in [0.4, 0.5) is 0 Å². The molecule has 3 saturated carbocycles. The Kier molecular flexibility index (Phi) is 4.35. The van der Waals surface area contributed by atoms with Crippen molar-refractivity contribution in [2.24, 2.45) is 11.8 Å². The van der Waals surface area contributed by atoms with Crippen molar-refractivity contribution in [3.63, 3.8) is 0 Å². The maximum atomic E-state index is 12.3. The van der Waals surface area contributed by atoms with Crippen molar-refractivity contribution in [2.45, 2.75) is 76.4 Å². The molecule has 0 aromatic heterocycles. The van der Waals surface area contributed by atoms with Crippen molar-refractivity contribution < 1.29 is 19.1 Å². The highest BCUT2D eigenvalue weighted by Crippen LogP contribution is 2.61. The van der Waals surface area contributed by atoms with Crippen LogP contribution in [0.3, 0.4) is 0 Å². The van der Waals surface area contributed by atoms with E-state index in [1.165, 1.54) is 0 Å². The first-order chi connectivity index (χ1) is 11.3. The molecule has 4 nitrogen and oxygen atoms in total. The molecule has 3 aliphatic carbocycles. The maximum absolute atomic E-state index is 12.3. The van der Waals surface area contributed by atoms with Gasteiger partial charge in [-0.1, -0.05) is 13.2 Å². The van der Waals surface area contributed by atoms with Gasteiger partial charge >= 0.3 is 11.9 Å². The summed E-state index contributed by atoms with van der Waals surface area (Å²) in [7, 11) is 0. The summed E-state index contributed by atoms with van der Waals surface area (Å²) in [5.74, 6) is -0.0588. The summed E-state index contributed by atoms with van der Waals surface area (Å²) >= 11 is 0. The van der Waals surface area contributed by atoms with Crippen LogP contribution in [0.1, 0.15) is 65.2 Å². The van der Waals surface area contributed by atoms with Gasteiger partial charge in [-0.2, -0.15) is 0 Å². The molecule has 0 aromatic rings. The maximum Gasteiger partial charge on any atom is 0.333 e. The number of carbonyl (C=O) groups is 2. The summed E-state index contributed by atoms with van der Waals surface area (Å²) in [6.07, 6.45) is 7.66. The minimum Gasteiger partial charge on any atom is -0.455 e. The second-order valence-corrected chi connectivity index (χ2v) is 7.99. The fourth-order valence-electron chi connectivity index (χ4n) is 5.31. The summed E-state index contributed by atoms with van der Waals surface area (Å²) in [4.78, 5) is 24.5. The van der Waals surface area contributed by atoms with Crippen molar-refractivity contribution in [3.8, 4) is 0 Å². The number of hydrogen-bond donors (Lipinski definition) is 0. The third-order valence-corrected chi connectivity index (χ3v) is 6.21. The highest BCUT2D eigenvalue weighted by molar-refractivity contribution is 5.88. The Balaban J connectivity index is 1.94. The zero-order valence-electron chi connectivity index (χ0n) is 14.9. The molecule has 0 bridgehead atoms. The monoisotopic (exact) mass is 332 g/mol. The third kappa shape index (κ3) is 2.70. The van der Waals surface area contributed by atoms with Gasteiger partial charge in [0, 0.05) is 17.1 Å². The van der Waals surface area contributed by atoms with Crippen molar-refractivity contribution in [3.05, 3.63) is 24.3 Å². The number of hydrogen-bond acceptors (Lipinski definition) is 4. The molecule has 0 heterocycles. The van der Waals surface area contributed by atoms with Crippen LogP contribution in [-0.2, 0) is 19.1 Å². The zero-order valence-corrected chi connectivity index (χ0v) is 14.9. The Hall–Kier alpha value is -1.58. The fraction of sp³-hybridized carbons (Fsp3) is 0.700. The molecule has 2 unspecified atom stereocenters. The second-order valence-electron chi connectivity index (χ2n) is 7.99. The molecule has 24 heavy (non-hydrogen) atoms. The Morgan fingerprint density at radius 1 is 0.833 bits per heavy atom. The number of rotatable bonds is 4. The molecule has 0 aromatic carbocycles. The lowest BCUT2D eigenvalue weighted by molar-refractivity contribution is -0.196. The van der Waals surface area contributed by atoms with Gasteiger partial charge < -0.3 is 9.47 Å². The SMILES string of the molecule is C=C(C)C(=O)OC12CCCC3CCCC(OC(=O)C(=C)C)(CC1)C32. The molecule has 0 aliphatic heterocycles. The van der Waals surface area contributed by atoms with Crippen LogP contribution in [0.5, 0.6) is 0 Å². The quantitative estimate of drug-likeness (QED) is 0.574. The normalized spacial score (nSPS) is 37.2. The summed E-state index contributed by atoms with van der Waals surface area (Å²) in [6.45, 7) is 10.8. The zero-order chi connectivity index (χ0) is 17.5. The molecule has 132 valence electrons. The summed E-state index contributed by atoms with van der Waals surface area (Å²) in [5.41, 5.74) is -0.124. The van der Waals surface area contributed by atoms with E-state index in [1.54, 1.807) is 13.8 Å². The van der Waals surface area contributed by atoms with Gasteiger partial charge in [0.15, 0.2) is 0 Å². The van der Waals surface area contributed by atoms with E-state index in [1.807, 2.05) is 0 Å². The molecule has 3 aliphatic rings. The molecule has 3 rings (SSSR count). The highest BCUT2D eigenvalue weighted by atomic mass is 16.6. The molecule has 0 amide bonds. The first-order valence-electron chi connectivity index (χ1n) is 9.07. The predicted molar refractivity (Wildman–Crippen MR) is 91.2 cm³/mol. The predicted octanol–water partition coefficient (Wildman–Crippen LogP) is 4.10. The van der Waals surface area contributed by atoms with Crippen LogP contribution in [0.15, 0.2) is 24.3 Å². The van der Waals surface area contributed by atoms with Crippen LogP contribution >= 0.6 is 0 Å². The third-order valence-electron chi connectivity index (χ3n) is 6.21. The van der Waals surface area contributed by atoms with Crippen LogP contribution < -0.4 is 0 Å². The standard InChI is InChI=1S/C20H28O4/c1-13(2)17(21)23-19-9-5-7-15-8-6-10-20(12-11-19,16(15)19)24-18(22)14(3)4/h15-16H,1,3,5-12H2,2,4H3. The minimum atomic E-state index is -0.491. The largest absolute Gasteiger partial charge is 0.455 e. The molecule has 0 saturated heterocycles. The first-order valence-corrected chi connectivity index (χ1v) is 9.07. The lowest BCUT2D eigenvalue weighted by atomic mass is 9.61. The summed E-state index contributed by atoms with van der Waals surface area (Å²) < 4.78 is 12.0. The van der Waals surface area contributed by atoms with Crippen LogP contribution in [0.25, 0.3) is 0 Å². The van der Waals surface area contributed by atoms with Gasteiger partial charge in [0.1, 0.15) is 11.2 Å². The Morgan fingerprint density at radius 3 is 1.62 bits per heavy atom. The van der Waals surface area contributed by atoms with E-state index in [0.29, 0.717) is 17.1 Å². The molecular weight excluding hydrogens is 304 g/mol. The first kappa shape index (κ1) is 17.2. The van der Waals surface area contributed by atoms with Crippen LogP contribution in [0, 0.1) is 11.8 Å². The van der Waals surface area contributed by atoms with E-state index < -0.39 is 11.2 Å². The average Bonchev–Trinajstić information content (AvgIpc) is 2.84.